The fourth-order valence-corrected chi connectivity index (χ4v) is 1.12. The molecule has 0 spiro atoms. The van der Waals surface area contributed by atoms with Gasteiger partial charge in [0.25, 0.3) is 0 Å². The number of hydrogen-bond acceptors (Lipinski definition) is 2. The molecule has 1 radical (unpaired) electrons. The summed E-state index contributed by atoms with van der Waals surface area (Å²) >= 11 is 5.74. The Morgan fingerprint density at radius 2 is 2.33 bits per heavy atom. The second-order valence-corrected chi connectivity index (χ2v) is 2.75. The van der Waals surface area contributed by atoms with E-state index in [4.69, 9.17) is 11.6 Å². The maximum atomic E-state index is 9.69. The fourth-order valence-electron chi connectivity index (χ4n) is 0.903. The Kier molecular flexibility index (Phi) is 3.61. The van der Waals surface area contributed by atoms with Crippen molar-refractivity contribution in [2.75, 3.05) is 6.61 Å². The topological polar surface area (TPSA) is 26.3 Å². The summed E-state index contributed by atoms with van der Waals surface area (Å²) in [5.74, 6) is 0. The van der Waals surface area contributed by atoms with Crippen molar-refractivity contribution < 1.29 is 9.53 Å². The first-order valence-corrected chi connectivity index (χ1v) is 3.94. The highest BCUT2D eigenvalue weighted by Crippen LogP contribution is 2.10. The van der Waals surface area contributed by atoms with Gasteiger partial charge in [-0.15, -0.1) is 0 Å². The van der Waals surface area contributed by atoms with Crippen molar-refractivity contribution in [3.8, 4) is 0 Å². The molecule has 1 rings (SSSR count). The van der Waals surface area contributed by atoms with Gasteiger partial charge in [0.1, 0.15) is 0 Å². The number of hydrogen-bond donors (Lipinski definition) is 0. The van der Waals surface area contributed by atoms with Crippen LogP contribution in [-0.2, 0) is 16.0 Å². The highest BCUT2D eigenvalue weighted by atomic mass is 35.5. The van der Waals surface area contributed by atoms with Crippen LogP contribution in [0.5, 0.6) is 0 Å². The van der Waals surface area contributed by atoms with Crippen molar-refractivity contribution in [3.05, 3.63) is 34.9 Å². The summed E-state index contributed by atoms with van der Waals surface area (Å²) in [5, 5.41) is 0.697. The van der Waals surface area contributed by atoms with Crippen molar-refractivity contribution in [1.82, 2.24) is 0 Å². The molecule has 0 fully saturated rings. The monoisotopic (exact) mass is 183 g/mol. The summed E-state index contributed by atoms with van der Waals surface area (Å²) in [7, 11) is 0. The Labute approximate surface area is 76.1 Å². The average molecular weight is 184 g/mol. The Hall–Kier alpha value is -1.02. The quantitative estimate of drug-likeness (QED) is 0.668. The third kappa shape index (κ3) is 2.93. The molecule has 12 heavy (non-hydrogen) atoms. The molecule has 0 aromatic heterocycles. The van der Waals surface area contributed by atoms with E-state index in [1.54, 1.807) is 6.07 Å². The van der Waals surface area contributed by atoms with Gasteiger partial charge in [-0.3, -0.25) is 0 Å². The Morgan fingerprint density at radius 1 is 1.50 bits per heavy atom. The first-order valence-electron chi connectivity index (χ1n) is 3.56. The van der Waals surface area contributed by atoms with Crippen molar-refractivity contribution >= 4 is 18.1 Å². The van der Waals surface area contributed by atoms with Crippen LogP contribution in [0.2, 0.25) is 5.02 Å². The van der Waals surface area contributed by atoms with Gasteiger partial charge >= 0.3 is 6.47 Å². The minimum absolute atomic E-state index is 0.351. The van der Waals surface area contributed by atoms with E-state index in [1.165, 1.54) is 6.47 Å². The molecule has 0 saturated carbocycles. The summed E-state index contributed by atoms with van der Waals surface area (Å²) in [6.07, 6.45) is 0.676. The van der Waals surface area contributed by atoms with Crippen LogP contribution in [0.4, 0.5) is 0 Å². The molecule has 0 heterocycles. The molecule has 1 aromatic carbocycles. The van der Waals surface area contributed by atoms with Crippen LogP contribution in [0.1, 0.15) is 5.56 Å². The Morgan fingerprint density at radius 3 is 3.00 bits per heavy atom. The smallest absolute Gasteiger partial charge is 0.417 e. The van der Waals surface area contributed by atoms with E-state index in [-0.39, 0.29) is 0 Å². The predicted octanol–water partition coefficient (Wildman–Crippen LogP) is 1.97. The highest BCUT2D eigenvalue weighted by molar-refractivity contribution is 6.30. The molecule has 0 unspecified atom stereocenters. The second-order valence-electron chi connectivity index (χ2n) is 2.31. The van der Waals surface area contributed by atoms with Crippen LogP contribution in [0, 0.1) is 0 Å². The molecule has 3 heteroatoms. The van der Waals surface area contributed by atoms with Gasteiger partial charge in [-0.25, -0.2) is 4.79 Å². The predicted molar refractivity (Wildman–Crippen MR) is 46.8 cm³/mol. The maximum absolute atomic E-state index is 9.69. The first kappa shape index (κ1) is 9.07. The zero-order valence-corrected chi connectivity index (χ0v) is 7.17. The third-order valence-electron chi connectivity index (χ3n) is 1.44. The molecule has 0 atom stereocenters. The lowest BCUT2D eigenvalue weighted by Gasteiger charge is -1.99. The molecule has 0 aliphatic rings. The number of halogens is 1. The number of carbonyl (C=O) groups excluding carboxylic acids is 1. The number of ether oxygens (including phenoxy) is 1. The van der Waals surface area contributed by atoms with Crippen LogP contribution in [-0.4, -0.2) is 13.1 Å². The van der Waals surface area contributed by atoms with Crippen LogP contribution in [0.15, 0.2) is 24.3 Å². The minimum Gasteiger partial charge on any atom is -0.457 e. The van der Waals surface area contributed by atoms with Gasteiger partial charge in [0.05, 0.1) is 6.61 Å². The zero-order chi connectivity index (χ0) is 8.81. The van der Waals surface area contributed by atoms with E-state index in [1.807, 2.05) is 18.2 Å². The zero-order valence-electron chi connectivity index (χ0n) is 6.42. The van der Waals surface area contributed by atoms with E-state index in [9.17, 15) is 4.79 Å². The van der Waals surface area contributed by atoms with E-state index in [2.05, 4.69) is 4.74 Å². The summed E-state index contributed by atoms with van der Waals surface area (Å²) < 4.78 is 4.43. The second kappa shape index (κ2) is 4.78. The standard InChI is InChI=1S/C9H8ClO2/c10-9-3-1-2-8(6-9)4-5-12-7-11/h1-3,6H,4-5H2. The molecule has 2 nitrogen and oxygen atoms in total. The van der Waals surface area contributed by atoms with Gasteiger partial charge in [0.2, 0.25) is 0 Å². The highest BCUT2D eigenvalue weighted by Gasteiger charge is 1.93. The van der Waals surface area contributed by atoms with E-state index in [0.717, 1.165) is 5.56 Å². The largest absolute Gasteiger partial charge is 0.457 e. The Balaban J connectivity index is 2.46. The van der Waals surface area contributed by atoms with Crippen molar-refractivity contribution in [3.63, 3.8) is 0 Å². The molecular weight excluding hydrogens is 176 g/mol. The normalized spacial score (nSPS) is 9.42. The van der Waals surface area contributed by atoms with E-state index < -0.39 is 0 Å². The van der Waals surface area contributed by atoms with Gasteiger partial charge < -0.3 is 4.74 Å². The summed E-state index contributed by atoms with van der Waals surface area (Å²) in [6.45, 7) is 1.72. The first-order chi connectivity index (χ1) is 5.83. The molecule has 0 aliphatic carbocycles. The van der Waals surface area contributed by atoms with Gasteiger partial charge in [0, 0.05) is 11.4 Å². The molecular formula is C9H8ClO2. The summed E-state index contributed by atoms with van der Waals surface area (Å²) in [4.78, 5) is 9.69. The molecule has 63 valence electrons. The molecule has 0 N–H and O–H groups in total. The maximum Gasteiger partial charge on any atom is 0.417 e. The van der Waals surface area contributed by atoms with Crippen LogP contribution in [0.3, 0.4) is 0 Å². The molecule has 0 amide bonds. The van der Waals surface area contributed by atoms with Crippen molar-refractivity contribution in [1.29, 1.82) is 0 Å². The lowest BCUT2D eigenvalue weighted by Crippen LogP contribution is -1.95. The summed E-state index contributed by atoms with van der Waals surface area (Å²) in [6, 6.07) is 7.44. The molecule has 0 bridgehead atoms. The number of benzene rings is 1. The van der Waals surface area contributed by atoms with E-state index in [0.29, 0.717) is 18.1 Å². The summed E-state index contributed by atoms with van der Waals surface area (Å²) in [5.41, 5.74) is 1.05. The van der Waals surface area contributed by atoms with Crippen LogP contribution < -0.4 is 0 Å². The van der Waals surface area contributed by atoms with Gasteiger partial charge in [-0.2, -0.15) is 0 Å². The van der Waals surface area contributed by atoms with Gasteiger partial charge in [-0.05, 0) is 17.7 Å². The molecule has 0 aliphatic heterocycles. The molecule has 1 aromatic rings. The Bertz CT molecular complexity index is 260. The average Bonchev–Trinajstić information content (AvgIpc) is 2.05. The third-order valence-corrected chi connectivity index (χ3v) is 1.68. The lowest BCUT2D eigenvalue weighted by atomic mass is 10.2. The minimum atomic E-state index is 0.351. The van der Waals surface area contributed by atoms with Gasteiger partial charge in [-0.1, -0.05) is 23.7 Å². The van der Waals surface area contributed by atoms with E-state index >= 15 is 0 Å². The van der Waals surface area contributed by atoms with Crippen molar-refractivity contribution in [2.24, 2.45) is 0 Å². The SMILES string of the molecule is O=[C]OCCc1cccc(Cl)c1. The fraction of sp³-hybridized carbons (Fsp3) is 0.222. The van der Waals surface area contributed by atoms with Crippen LogP contribution >= 0.6 is 11.6 Å². The van der Waals surface area contributed by atoms with Crippen molar-refractivity contribution in [2.45, 2.75) is 6.42 Å². The lowest BCUT2D eigenvalue weighted by molar-refractivity contribution is 0.282. The number of rotatable bonds is 4. The van der Waals surface area contributed by atoms with Gasteiger partial charge in [0.15, 0.2) is 0 Å². The molecule has 0 saturated heterocycles. The van der Waals surface area contributed by atoms with Crippen LogP contribution in [0.25, 0.3) is 0 Å².